The average Bonchev–Trinajstić information content (AvgIpc) is 2.75. The number of nitrogens with zero attached hydrogens (tertiary/aromatic N) is 3. The van der Waals surface area contributed by atoms with E-state index in [1.54, 1.807) is 13.1 Å². The molecule has 0 unspecified atom stereocenters. The van der Waals surface area contributed by atoms with Crippen molar-refractivity contribution in [2.75, 3.05) is 25.1 Å². The maximum absolute atomic E-state index is 13.8. The van der Waals surface area contributed by atoms with Crippen molar-refractivity contribution in [3.63, 3.8) is 0 Å². The minimum Gasteiger partial charge on any atom is -0.394 e. The van der Waals surface area contributed by atoms with Crippen LogP contribution in [0.3, 0.4) is 0 Å². The van der Waals surface area contributed by atoms with Crippen molar-refractivity contribution in [1.29, 1.82) is 0 Å². The van der Waals surface area contributed by atoms with Crippen LogP contribution < -0.4 is 10.6 Å². The summed E-state index contributed by atoms with van der Waals surface area (Å²) in [5, 5.41) is 23.8. The van der Waals surface area contributed by atoms with Crippen LogP contribution >= 0.6 is 0 Å². The topological polar surface area (TPSA) is 111 Å². The van der Waals surface area contributed by atoms with E-state index in [4.69, 9.17) is 0 Å². The van der Waals surface area contributed by atoms with Crippen molar-refractivity contribution in [3.05, 3.63) is 52.6 Å². The Morgan fingerprint density at radius 3 is 2.62 bits per heavy atom. The van der Waals surface area contributed by atoms with Crippen LogP contribution in [0.25, 0.3) is 0 Å². The molecule has 2 amide bonds. The molecule has 1 aliphatic heterocycles. The van der Waals surface area contributed by atoms with Gasteiger partial charge in [0.2, 0.25) is 5.95 Å². The largest absolute Gasteiger partial charge is 0.419 e. The summed E-state index contributed by atoms with van der Waals surface area (Å²) in [6.45, 7) is 1.46. The van der Waals surface area contributed by atoms with Gasteiger partial charge in [-0.15, -0.1) is 0 Å². The number of hydrogen-bond donors (Lipinski definition) is 4. The molecule has 1 aromatic carbocycles. The number of fused-ring (bicyclic) bond motifs is 1. The van der Waals surface area contributed by atoms with Crippen molar-refractivity contribution < 1.29 is 32.6 Å². The molecule has 0 radical (unpaired) electrons. The van der Waals surface area contributed by atoms with E-state index in [2.05, 4.69) is 20.6 Å². The number of carbonyl (C=O) groups excluding carboxylic acids is 1. The van der Waals surface area contributed by atoms with E-state index in [9.17, 15) is 32.6 Å². The Balaban J connectivity index is 1.66. The lowest BCUT2D eigenvalue weighted by Crippen LogP contribution is -2.44. The van der Waals surface area contributed by atoms with Crippen LogP contribution in [0.1, 0.15) is 35.3 Å². The summed E-state index contributed by atoms with van der Waals surface area (Å²) in [6.07, 6.45) is -2.69. The smallest absolute Gasteiger partial charge is 0.394 e. The number of aromatic nitrogens is 2. The van der Waals surface area contributed by atoms with E-state index >= 15 is 0 Å². The standard InChI is InChI=1S/C20H23F4N5O3/c1-11(12-2-3-15(16(21)6-12)20(22,23)24)26-19(32)29-5-4-13-7-25-18(28-17(13)8-29)27-14(9-30)10-31/h2-3,6-7,11,14,30-31H,4-5,8-10H2,1H3,(H,26,32)(H,25,27,28)/t11-/m1/s1. The number of alkyl halides is 3. The number of halogens is 4. The molecular weight excluding hydrogens is 434 g/mol. The Morgan fingerprint density at radius 2 is 2.00 bits per heavy atom. The van der Waals surface area contributed by atoms with Gasteiger partial charge in [0.05, 0.1) is 43.1 Å². The molecule has 3 rings (SSSR count). The number of nitrogens with one attached hydrogen (secondary N) is 2. The number of carbonyl (C=O) groups is 1. The molecular formula is C20H23F4N5O3. The number of amides is 2. The monoisotopic (exact) mass is 457 g/mol. The molecule has 0 saturated heterocycles. The zero-order valence-corrected chi connectivity index (χ0v) is 17.2. The van der Waals surface area contributed by atoms with Crippen LogP contribution in [0.15, 0.2) is 24.4 Å². The molecule has 174 valence electrons. The predicted molar refractivity (Wildman–Crippen MR) is 106 cm³/mol. The van der Waals surface area contributed by atoms with Crippen molar-refractivity contribution >= 4 is 12.0 Å². The van der Waals surface area contributed by atoms with Gasteiger partial charge in [-0.2, -0.15) is 13.2 Å². The second-order valence-electron chi connectivity index (χ2n) is 7.45. The molecule has 2 heterocycles. The fourth-order valence-corrected chi connectivity index (χ4v) is 3.27. The minimum absolute atomic E-state index is 0.162. The van der Waals surface area contributed by atoms with Crippen molar-refractivity contribution in [1.82, 2.24) is 20.2 Å². The van der Waals surface area contributed by atoms with Gasteiger partial charge in [-0.1, -0.05) is 6.07 Å². The van der Waals surface area contributed by atoms with Gasteiger partial charge in [-0.25, -0.2) is 19.2 Å². The highest BCUT2D eigenvalue weighted by molar-refractivity contribution is 5.75. The molecule has 12 heteroatoms. The third-order valence-electron chi connectivity index (χ3n) is 5.15. The first-order chi connectivity index (χ1) is 15.1. The minimum atomic E-state index is -4.79. The second kappa shape index (κ2) is 9.65. The molecule has 1 aromatic heterocycles. The van der Waals surface area contributed by atoms with Crippen LogP contribution in [0.2, 0.25) is 0 Å². The Morgan fingerprint density at radius 1 is 1.28 bits per heavy atom. The van der Waals surface area contributed by atoms with E-state index in [1.165, 1.54) is 4.90 Å². The molecule has 0 saturated carbocycles. The van der Waals surface area contributed by atoms with Crippen molar-refractivity contribution in [2.45, 2.75) is 38.1 Å². The molecule has 1 atom stereocenters. The van der Waals surface area contributed by atoms with E-state index < -0.39 is 35.7 Å². The fourth-order valence-electron chi connectivity index (χ4n) is 3.27. The lowest BCUT2D eigenvalue weighted by molar-refractivity contribution is -0.140. The van der Waals surface area contributed by atoms with Crippen LogP contribution in [-0.4, -0.2) is 56.9 Å². The third kappa shape index (κ3) is 5.43. The van der Waals surface area contributed by atoms with E-state index in [0.29, 0.717) is 24.7 Å². The van der Waals surface area contributed by atoms with Crippen LogP contribution in [-0.2, 0) is 19.1 Å². The number of rotatable bonds is 6. The number of anilines is 1. The van der Waals surface area contributed by atoms with Gasteiger partial charge in [0.25, 0.3) is 0 Å². The first-order valence-corrected chi connectivity index (χ1v) is 9.87. The number of aliphatic hydroxyl groups is 2. The normalized spacial score (nSPS) is 14.8. The van der Waals surface area contributed by atoms with E-state index in [1.807, 2.05) is 0 Å². The van der Waals surface area contributed by atoms with Gasteiger partial charge in [0, 0.05) is 12.7 Å². The maximum atomic E-state index is 13.8. The van der Waals surface area contributed by atoms with Gasteiger partial charge in [-0.3, -0.25) is 0 Å². The Hall–Kier alpha value is -2.99. The maximum Gasteiger partial charge on any atom is 0.419 e. The molecule has 0 spiro atoms. The van der Waals surface area contributed by atoms with E-state index in [-0.39, 0.29) is 31.3 Å². The Labute approximate surface area is 181 Å². The molecule has 0 fully saturated rings. The Kier molecular flexibility index (Phi) is 7.14. The van der Waals surface area contributed by atoms with Crippen LogP contribution in [0, 0.1) is 5.82 Å². The van der Waals surface area contributed by atoms with Crippen molar-refractivity contribution in [2.24, 2.45) is 0 Å². The lowest BCUT2D eigenvalue weighted by Gasteiger charge is -2.30. The average molecular weight is 457 g/mol. The highest BCUT2D eigenvalue weighted by atomic mass is 19.4. The van der Waals surface area contributed by atoms with E-state index in [0.717, 1.165) is 17.7 Å². The molecule has 2 aromatic rings. The van der Waals surface area contributed by atoms with Gasteiger partial charge < -0.3 is 25.7 Å². The van der Waals surface area contributed by atoms with Crippen molar-refractivity contribution in [3.8, 4) is 0 Å². The Bertz CT molecular complexity index is 969. The summed E-state index contributed by atoms with van der Waals surface area (Å²) in [6, 6.07) is 0.733. The number of hydrogen-bond acceptors (Lipinski definition) is 6. The third-order valence-corrected chi connectivity index (χ3v) is 5.15. The molecule has 0 bridgehead atoms. The second-order valence-corrected chi connectivity index (χ2v) is 7.45. The molecule has 1 aliphatic rings. The molecule has 8 nitrogen and oxygen atoms in total. The summed E-state index contributed by atoms with van der Waals surface area (Å²) >= 11 is 0. The lowest BCUT2D eigenvalue weighted by atomic mass is 10.0. The molecule has 4 N–H and O–H groups in total. The zero-order valence-electron chi connectivity index (χ0n) is 17.2. The first kappa shape index (κ1) is 23.7. The van der Waals surface area contributed by atoms with Gasteiger partial charge in [0.15, 0.2) is 0 Å². The molecule has 32 heavy (non-hydrogen) atoms. The summed E-state index contributed by atoms with van der Waals surface area (Å²) in [4.78, 5) is 22.6. The summed E-state index contributed by atoms with van der Waals surface area (Å²) in [5.41, 5.74) is 0.282. The summed E-state index contributed by atoms with van der Waals surface area (Å²) in [7, 11) is 0. The quantitative estimate of drug-likeness (QED) is 0.496. The van der Waals surface area contributed by atoms with Gasteiger partial charge in [0.1, 0.15) is 5.82 Å². The fraction of sp³-hybridized carbons (Fsp3) is 0.450. The number of urea groups is 1. The SMILES string of the molecule is C[C@@H](NC(=O)N1CCc2cnc(NC(CO)CO)nc2C1)c1ccc(C(F)(F)F)c(F)c1. The first-order valence-electron chi connectivity index (χ1n) is 9.87. The summed E-state index contributed by atoms with van der Waals surface area (Å²) in [5.74, 6) is -1.20. The zero-order chi connectivity index (χ0) is 23.5. The van der Waals surface area contributed by atoms with Crippen LogP contribution in [0.5, 0.6) is 0 Å². The highest BCUT2D eigenvalue weighted by Gasteiger charge is 2.34. The highest BCUT2D eigenvalue weighted by Crippen LogP contribution is 2.32. The number of benzene rings is 1. The van der Waals surface area contributed by atoms with Gasteiger partial charge >= 0.3 is 12.2 Å². The van der Waals surface area contributed by atoms with Crippen LogP contribution in [0.4, 0.5) is 28.3 Å². The predicted octanol–water partition coefficient (Wildman–Crippen LogP) is 2.23. The molecule has 0 aliphatic carbocycles. The van der Waals surface area contributed by atoms with Gasteiger partial charge in [-0.05, 0) is 36.6 Å². The number of aliphatic hydroxyl groups excluding tert-OH is 2. The summed E-state index contributed by atoms with van der Waals surface area (Å²) < 4.78 is 52.1.